The monoisotopic (exact) mass is 367 g/mol. The number of carbonyl (C=O) groups is 1. The molecule has 132 valence electrons. The second kappa shape index (κ2) is 5.94. The molecule has 25 heavy (non-hydrogen) atoms. The van der Waals surface area contributed by atoms with Crippen molar-refractivity contribution < 1.29 is 13.6 Å². The molecule has 2 aromatic rings. The summed E-state index contributed by atoms with van der Waals surface area (Å²) in [6.07, 6.45) is 3.22. The van der Waals surface area contributed by atoms with Gasteiger partial charge in [-0.1, -0.05) is 11.8 Å². The van der Waals surface area contributed by atoms with Crippen LogP contribution in [-0.2, 0) is 25.3 Å². The first kappa shape index (κ1) is 16.2. The fourth-order valence-corrected chi connectivity index (χ4v) is 4.08. The van der Waals surface area contributed by atoms with Crippen molar-refractivity contribution >= 4 is 17.7 Å². The van der Waals surface area contributed by atoms with E-state index in [1.165, 1.54) is 16.3 Å². The van der Waals surface area contributed by atoms with E-state index in [0.29, 0.717) is 35.9 Å². The number of nitrogens with zero attached hydrogens (tertiary/aromatic N) is 3. The minimum absolute atomic E-state index is 0.227. The van der Waals surface area contributed by atoms with Crippen molar-refractivity contribution in [2.45, 2.75) is 36.9 Å². The minimum atomic E-state index is -3.31. The van der Waals surface area contributed by atoms with E-state index in [0.717, 1.165) is 18.3 Å². The van der Waals surface area contributed by atoms with Gasteiger partial charge in [-0.25, -0.2) is 4.98 Å². The fraction of sp³-hybridized carbons (Fsp3) is 0.467. The summed E-state index contributed by atoms with van der Waals surface area (Å²) in [6.45, 7) is -0.457. The van der Waals surface area contributed by atoms with E-state index in [-0.39, 0.29) is 11.3 Å². The highest BCUT2D eigenvalue weighted by Gasteiger charge is 2.39. The Balaban J connectivity index is 1.51. The van der Waals surface area contributed by atoms with Crippen LogP contribution in [0.1, 0.15) is 33.7 Å². The molecule has 0 fully saturated rings. The van der Waals surface area contributed by atoms with E-state index >= 15 is 0 Å². The number of nitrogens with one attached hydrogen (secondary N) is 2. The summed E-state index contributed by atoms with van der Waals surface area (Å²) >= 11 is 1.42. The third kappa shape index (κ3) is 2.74. The number of carbonyl (C=O) groups excluding carboxylic acids is 1. The number of aryl methyl sites for hydroxylation is 1. The second-order valence-corrected chi connectivity index (χ2v) is 7.09. The number of aromatic amines is 1. The first-order valence-corrected chi connectivity index (χ1v) is 8.91. The minimum Gasteiger partial charge on any atom is -0.345 e. The molecule has 2 N–H and O–H groups in total. The van der Waals surface area contributed by atoms with Gasteiger partial charge >= 0.3 is 5.92 Å². The van der Waals surface area contributed by atoms with Crippen molar-refractivity contribution in [3.63, 3.8) is 0 Å². The smallest absolute Gasteiger partial charge is 0.308 e. The Kier molecular flexibility index (Phi) is 3.86. The van der Waals surface area contributed by atoms with Crippen molar-refractivity contribution in [2.75, 3.05) is 12.3 Å². The average Bonchev–Trinajstić information content (AvgIpc) is 3.28. The number of amides is 1. The Hall–Kier alpha value is -2.23. The summed E-state index contributed by atoms with van der Waals surface area (Å²) in [5, 5.41) is 9.05. The third-order valence-electron chi connectivity index (χ3n) is 4.42. The lowest BCUT2D eigenvalue weighted by Crippen LogP contribution is -2.39. The largest absolute Gasteiger partial charge is 0.345 e. The van der Waals surface area contributed by atoms with E-state index in [4.69, 9.17) is 0 Å². The van der Waals surface area contributed by atoms with Crippen molar-refractivity contribution in [1.82, 2.24) is 25.1 Å². The first-order chi connectivity index (χ1) is 12.0. The number of halogens is 2. The van der Waals surface area contributed by atoms with Crippen LogP contribution in [0, 0.1) is 0 Å². The van der Waals surface area contributed by atoms with Crippen molar-refractivity contribution in [3.8, 4) is 0 Å². The lowest BCUT2D eigenvalue weighted by Gasteiger charge is -2.16. The predicted molar refractivity (Wildman–Crippen MR) is 86.1 cm³/mol. The van der Waals surface area contributed by atoms with Gasteiger partial charge in [0.1, 0.15) is 11.3 Å². The van der Waals surface area contributed by atoms with Gasteiger partial charge in [-0.15, -0.1) is 0 Å². The molecule has 1 amide bonds. The highest BCUT2D eigenvalue weighted by Crippen LogP contribution is 2.33. The highest BCUT2D eigenvalue weighted by atomic mass is 32.2. The number of H-pyrrole nitrogens is 1. The standard InChI is InChI=1S/C15H15F2N5O2S/c16-15(17,11-8-2-1-3-10(8)20-21-11)7-19-12(23)9-6-18-14-22(13(9)24)4-5-25-14/h6H,1-5,7H2,(H,19,23)(H,20,21). The second-order valence-electron chi connectivity index (χ2n) is 6.03. The molecule has 10 heteroatoms. The first-order valence-electron chi connectivity index (χ1n) is 7.92. The molecule has 0 saturated carbocycles. The predicted octanol–water partition coefficient (Wildman–Crippen LogP) is 1.08. The van der Waals surface area contributed by atoms with Crippen LogP contribution in [0.4, 0.5) is 8.78 Å². The molecule has 2 aromatic heterocycles. The summed E-state index contributed by atoms with van der Waals surface area (Å²) in [5.74, 6) is -3.45. The maximum Gasteiger partial charge on any atom is 0.308 e. The van der Waals surface area contributed by atoms with Crippen LogP contribution in [0.15, 0.2) is 16.1 Å². The molecule has 4 rings (SSSR count). The topological polar surface area (TPSA) is 92.7 Å². The van der Waals surface area contributed by atoms with Crippen molar-refractivity contribution in [1.29, 1.82) is 0 Å². The molecular formula is C15H15F2N5O2S. The van der Waals surface area contributed by atoms with Gasteiger partial charge in [0, 0.05) is 29.8 Å². The van der Waals surface area contributed by atoms with E-state index in [9.17, 15) is 18.4 Å². The Morgan fingerprint density at radius 1 is 1.44 bits per heavy atom. The highest BCUT2D eigenvalue weighted by molar-refractivity contribution is 7.99. The fourth-order valence-electron chi connectivity index (χ4n) is 3.17. The Morgan fingerprint density at radius 3 is 3.12 bits per heavy atom. The zero-order valence-electron chi connectivity index (χ0n) is 13.1. The molecular weight excluding hydrogens is 352 g/mol. The van der Waals surface area contributed by atoms with Crippen molar-refractivity contribution in [2.24, 2.45) is 0 Å². The molecule has 0 radical (unpaired) electrons. The van der Waals surface area contributed by atoms with Crippen LogP contribution in [0.25, 0.3) is 0 Å². The number of rotatable bonds is 4. The summed E-state index contributed by atoms with van der Waals surface area (Å²) in [7, 11) is 0. The van der Waals surface area contributed by atoms with Gasteiger partial charge < -0.3 is 5.32 Å². The zero-order chi connectivity index (χ0) is 17.6. The van der Waals surface area contributed by atoms with Gasteiger partial charge in [0.2, 0.25) is 0 Å². The van der Waals surface area contributed by atoms with E-state index in [1.54, 1.807) is 0 Å². The van der Waals surface area contributed by atoms with E-state index in [2.05, 4.69) is 20.5 Å². The maximum absolute atomic E-state index is 14.4. The van der Waals surface area contributed by atoms with Gasteiger partial charge in [-0.3, -0.25) is 19.3 Å². The average molecular weight is 367 g/mol. The number of hydrogen-bond acceptors (Lipinski definition) is 5. The van der Waals surface area contributed by atoms with Gasteiger partial charge in [0.05, 0.1) is 6.54 Å². The molecule has 1 aliphatic carbocycles. The quantitative estimate of drug-likeness (QED) is 0.789. The number of fused-ring (bicyclic) bond motifs is 2. The molecule has 7 nitrogen and oxygen atoms in total. The number of hydrogen-bond donors (Lipinski definition) is 2. The summed E-state index contributed by atoms with van der Waals surface area (Å²) in [6, 6.07) is 0. The normalized spacial score (nSPS) is 15.9. The van der Waals surface area contributed by atoms with Crippen LogP contribution in [0.3, 0.4) is 0 Å². The molecule has 1 aliphatic heterocycles. The van der Waals surface area contributed by atoms with E-state index < -0.39 is 23.9 Å². The molecule has 0 bridgehead atoms. The van der Waals surface area contributed by atoms with Crippen LogP contribution in [-0.4, -0.2) is 38.0 Å². The Morgan fingerprint density at radius 2 is 2.28 bits per heavy atom. The van der Waals surface area contributed by atoms with Crippen LogP contribution in [0.2, 0.25) is 0 Å². The zero-order valence-corrected chi connectivity index (χ0v) is 14.0. The van der Waals surface area contributed by atoms with E-state index in [1.807, 2.05) is 0 Å². The lowest BCUT2D eigenvalue weighted by atomic mass is 10.1. The van der Waals surface area contributed by atoms with Crippen LogP contribution < -0.4 is 10.9 Å². The Labute approximate surface area is 145 Å². The molecule has 0 spiro atoms. The molecule has 0 saturated heterocycles. The van der Waals surface area contributed by atoms with Crippen LogP contribution >= 0.6 is 11.8 Å². The number of alkyl halides is 2. The van der Waals surface area contributed by atoms with Gasteiger partial charge in [-0.2, -0.15) is 13.9 Å². The summed E-state index contributed by atoms with van der Waals surface area (Å²) in [5.41, 5.74) is 0.224. The third-order valence-corrected chi connectivity index (χ3v) is 5.40. The summed E-state index contributed by atoms with van der Waals surface area (Å²) in [4.78, 5) is 28.5. The van der Waals surface area contributed by atoms with Crippen molar-refractivity contribution in [3.05, 3.63) is 39.1 Å². The maximum atomic E-state index is 14.4. The van der Waals surface area contributed by atoms with Gasteiger partial charge in [0.15, 0.2) is 5.16 Å². The van der Waals surface area contributed by atoms with Crippen LogP contribution in [0.5, 0.6) is 0 Å². The Bertz CT molecular complexity index is 908. The SMILES string of the molecule is O=C(NCC(F)(F)c1n[nH]c2c1CCC2)c1cnc2n(c1=O)CCS2. The molecule has 3 heterocycles. The summed E-state index contributed by atoms with van der Waals surface area (Å²) < 4.78 is 30.3. The lowest BCUT2D eigenvalue weighted by molar-refractivity contribution is -0.00761. The molecule has 2 aliphatic rings. The van der Waals surface area contributed by atoms with Gasteiger partial charge in [0.25, 0.3) is 11.5 Å². The molecule has 0 atom stereocenters. The number of aromatic nitrogens is 4. The van der Waals surface area contributed by atoms with Gasteiger partial charge in [-0.05, 0) is 19.3 Å². The molecule has 0 aromatic carbocycles. The number of thioether (sulfide) groups is 1. The molecule has 0 unspecified atom stereocenters.